The lowest BCUT2D eigenvalue weighted by Gasteiger charge is -2.20. The first kappa shape index (κ1) is 10.1. The van der Waals surface area contributed by atoms with E-state index in [1.54, 1.807) is 13.1 Å². The average molecular weight is 185 g/mol. The van der Waals surface area contributed by atoms with Gasteiger partial charge in [0.05, 0.1) is 18.8 Å². The summed E-state index contributed by atoms with van der Waals surface area (Å²) in [6, 6.07) is 0.0816. The first-order chi connectivity index (χ1) is 6.27. The molecule has 0 fully saturated rings. The van der Waals surface area contributed by atoms with Gasteiger partial charge in [0.25, 0.3) is 0 Å². The molecule has 0 radical (unpaired) electrons. The van der Waals surface area contributed by atoms with Crippen LogP contribution in [-0.4, -0.2) is 30.3 Å². The lowest BCUT2D eigenvalue weighted by molar-refractivity contribution is -0.138. The molecule has 0 aromatic rings. The summed E-state index contributed by atoms with van der Waals surface area (Å²) in [6.45, 7) is 2.29. The van der Waals surface area contributed by atoms with E-state index in [2.05, 4.69) is 5.32 Å². The maximum absolute atomic E-state index is 11.2. The van der Waals surface area contributed by atoms with Crippen LogP contribution in [0.2, 0.25) is 0 Å². The second-order valence-electron chi connectivity index (χ2n) is 2.97. The lowest BCUT2D eigenvalue weighted by Crippen LogP contribution is -2.33. The zero-order valence-corrected chi connectivity index (χ0v) is 7.75. The van der Waals surface area contributed by atoms with Crippen LogP contribution in [-0.2, 0) is 9.53 Å². The lowest BCUT2D eigenvalue weighted by atomic mass is 10.0. The number of aliphatic hydroxyl groups is 1. The molecule has 4 nitrogen and oxygen atoms in total. The van der Waals surface area contributed by atoms with Gasteiger partial charge in [0, 0.05) is 12.2 Å². The molecular formula is C9H15NO3. The van der Waals surface area contributed by atoms with Crippen molar-refractivity contribution in [3.8, 4) is 0 Å². The van der Waals surface area contributed by atoms with Crippen LogP contribution < -0.4 is 5.32 Å². The molecule has 4 heteroatoms. The number of hydrogen-bond acceptors (Lipinski definition) is 4. The Kier molecular flexibility index (Phi) is 3.76. The summed E-state index contributed by atoms with van der Waals surface area (Å²) in [5.74, 6) is -0.258. The largest absolute Gasteiger partial charge is 0.463 e. The fourth-order valence-corrected chi connectivity index (χ4v) is 1.23. The maximum Gasteiger partial charge on any atom is 0.335 e. The van der Waals surface area contributed by atoms with Gasteiger partial charge in [0.2, 0.25) is 0 Å². The first-order valence-electron chi connectivity index (χ1n) is 4.51. The normalized spacial score (nSPS) is 21.7. The zero-order chi connectivity index (χ0) is 9.68. The highest BCUT2D eigenvalue weighted by Gasteiger charge is 2.17. The van der Waals surface area contributed by atoms with Crippen molar-refractivity contribution in [3.63, 3.8) is 0 Å². The molecule has 13 heavy (non-hydrogen) atoms. The smallest absolute Gasteiger partial charge is 0.335 e. The highest BCUT2D eigenvalue weighted by atomic mass is 16.5. The molecule has 1 rings (SSSR count). The Morgan fingerprint density at radius 1 is 1.85 bits per heavy atom. The Labute approximate surface area is 77.6 Å². The van der Waals surface area contributed by atoms with Gasteiger partial charge in [-0.05, 0) is 19.8 Å². The van der Waals surface area contributed by atoms with Gasteiger partial charge in [-0.1, -0.05) is 0 Å². The van der Waals surface area contributed by atoms with E-state index in [1.807, 2.05) is 0 Å². The summed E-state index contributed by atoms with van der Waals surface area (Å²) < 4.78 is 4.84. The Balaban J connectivity index is 2.45. The summed E-state index contributed by atoms with van der Waals surface area (Å²) in [7, 11) is 0. The second kappa shape index (κ2) is 4.87. The molecule has 1 aliphatic heterocycles. The third-order valence-corrected chi connectivity index (χ3v) is 2.01. The van der Waals surface area contributed by atoms with Crippen molar-refractivity contribution in [1.29, 1.82) is 0 Å². The van der Waals surface area contributed by atoms with E-state index in [0.717, 1.165) is 6.42 Å². The number of hydrogen-bond donors (Lipinski definition) is 2. The highest BCUT2D eigenvalue weighted by Crippen LogP contribution is 2.13. The molecule has 1 heterocycles. The fourth-order valence-electron chi connectivity index (χ4n) is 1.23. The van der Waals surface area contributed by atoms with Crippen LogP contribution >= 0.6 is 0 Å². The standard InChI is InChI=1S/C9H15NO3/c1-2-13-9(12)7-3-4-8(6-11)10-5-7/h5,8,10-11H,2-4,6H2,1H3. The number of carbonyl (C=O) groups excluding carboxylic acids is 1. The molecule has 0 saturated carbocycles. The minimum absolute atomic E-state index is 0.0816. The Bertz CT molecular complexity index is 213. The number of aliphatic hydroxyl groups excluding tert-OH is 1. The van der Waals surface area contributed by atoms with Crippen molar-refractivity contribution in [3.05, 3.63) is 11.8 Å². The van der Waals surface area contributed by atoms with Crippen LogP contribution in [0.15, 0.2) is 11.8 Å². The molecule has 0 bridgehead atoms. The van der Waals surface area contributed by atoms with Crippen molar-refractivity contribution in [2.45, 2.75) is 25.8 Å². The molecule has 1 aliphatic rings. The minimum atomic E-state index is -0.258. The molecule has 74 valence electrons. The van der Waals surface area contributed by atoms with Crippen LogP contribution in [0, 0.1) is 0 Å². The summed E-state index contributed by atoms with van der Waals surface area (Å²) in [5, 5.41) is 11.8. The second-order valence-corrected chi connectivity index (χ2v) is 2.97. The van der Waals surface area contributed by atoms with Gasteiger partial charge in [-0.25, -0.2) is 4.79 Å². The van der Waals surface area contributed by atoms with Crippen molar-refractivity contribution >= 4 is 5.97 Å². The third-order valence-electron chi connectivity index (χ3n) is 2.01. The minimum Gasteiger partial charge on any atom is -0.463 e. The van der Waals surface area contributed by atoms with Gasteiger partial charge >= 0.3 is 5.97 Å². The van der Waals surface area contributed by atoms with Crippen molar-refractivity contribution in [2.24, 2.45) is 0 Å². The van der Waals surface area contributed by atoms with E-state index < -0.39 is 0 Å². The van der Waals surface area contributed by atoms with Gasteiger partial charge in [0.1, 0.15) is 0 Å². The number of esters is 1. The molecule has 0 spiro atoms. The van der Waals surface area contributed by atoms with Crippen LogP contribution in [0.5, 0.6) is 0 Å². The van der Waals surface area contributed by atoms with E-state index >= 15 is 0 Å². The molecule has 1 unspecified atom stereocenters. The third kappa shape index (κ3) is 2.73. The van der Waals surface area contributed by atoms with Gasteiger partial charge in [0.15, 0.2) is 0 Å². The molecular weight excluding hydrogens is 170 g/mol. The number of nitrogens with one attached hydrogen (secondary N) is 1. The van der Waals surface area contributed by atoms with Gasteiger partial charge in [-0.15, -0.1) is 0 Å². The SMILES string of the molecule is CCOC(=O)C1=CNC(CO)CC1. The van der Waals surface area contributed by atoms with E-state index in [9.17, 15) is 4.79 Å². The van der Waals surface area contributed by atoms with E-state index in [4.69, 9.17) is 9.84 Å². The fraction of sp³-hybridized carbons (Fsp3) is 0.667. The van der Waals surface area contributed by atoms with Crippen LogP contribution in [0.3, 0.4) is 0 Å². The van der Waals surface area contributed by atoms with Gasteiger partial charge < -0.3 is 15.2 Å². The van der Waals surface area contributed by atoms with Crippen LogP contribution in [0.1, 0.15) is 19.8 Å². The predicted molar refractivity (Wildman–Crippen MR) is 48.0 cm³/mol. The number of ether oxygens (including phenoxy) is 1. The quantitative estimate of drug-likeness (QED) is 0.616. The van der Waals surface area contributed by atoms with E-state index in [-0.39, 0.29) is 18.6 Å². The van der Waals surface area contributed by atoms with Crippen LogP contribution in [0.25, 0.3) is 0 Å². The monoisotopic (exact) mass is 185 g/mol. The molecule has 2 N–H and O–H groups in total. The molecule has 0 amide bonds. The van der Waals surface area contributed by atoms with E-state index in [0.29, 0.717) is 18.6 Å². The zero-order valence-electron chi connectivity index (χ0n) is 7.75. The Hall–Kier alpha value is -1.03. The topological polar surface area (TPSA) is 58.6 Å². The van der Waals surface area contributed by atoms with Gasteiger partial charge in [-0.3, -0.25) is 0 Å². The Morgan fingerprint density at radius 2 is 2.62 bits per heavy atom. The van der Waals surface area contributed by atoms with Crippen LogP contribution in [0.4, 0.5) is 0 Å². The number of carbonyl (C=O) groups is 1. The summed E-state index contributed by atoms with van der Waals surface area (Å²) in [6.07, 6.45) is 3.10. The molecule has 0 aliphatic carbocycles. The number of rotatable bonds is 3. The first-order valence-corrected chi connectivity index (χ1v) is 4.51. The van der Waals surface area contributed by atoms with Crippen molar-refractivity contribution in [2.75, 3.05) is 13.2 Å². The highest BCUT2D eigenvalue weighted by molar-refractivity contribution is 5.88. The summed E-state index contributed by atoms with van der Waals surface area (Å²) >= 11 is 0. The molecule has 0 aromatic heterocycles. The molecule has 0 saturated heterocycles. The van der Waals surface area contributed by atoms with Crippen molar-refractivity contribution < 1.29 is 14.6 Å². The van der Waals surface area contributed by atoms with E-state index in [1.165, 1.54) is 0 Å². The molecule has 0 aromatic carbocycles. The van der Waals surface area contributed by atoms with Gasteiger partial charge in [-0.2, -0.15) is 0 Å². The maximum atomic E-state index is 11.2. The Morgan fingerprint density at radius 3 is 3.08 bits per heavy atom. The van der Waals surface area contributed by atoms with Crippen molar-refractivity contribution in [1.82, 2.24) is 5.32 Å². The predicted octanol–water partition coefficient (Wildman–Crippen LogP) is 0.178. The molecule has 1 atom stereocenters. The summed E-state index contributed by atoms with van der Waals surface area (Å²) in [5.41, 5.74) is 0.659. The average Bonchev–Trinajstić information content (AvgIpc) is 2.18. The summed E-state index contributed by atoms with van der Waals surface area (Å²) in [4.78, 5) is 11.2.